The van der Waals surface area contributed by atoms with Crippen LogP contribution >= 0.6 is 15.9 Å². The molecular weight excluding hydrogens is 310 g/mol. The van der Waals surface area contributed by atoms with Crippen LogP contribution in [0.15, 0.2) is 41.1 Å². The topological polar surface area (TPSA) is 64.1 Å². The summed E-state index contributed by atoms with van der Waals surface area (Å²) in [7, 11) is 1.51. The fraction of sp³-hybridized carbons (Fsp3) is 0.154. The molecule has 1 heterocycles. The molecule has 98 valence electrons. The second-order valence-electron chi connectivity index (χ2n) is 3.80. The van der Waals surface area contributed by atoms with Crippen LogP contribution in [0.3, 0.4) is 0 Å². The third-order valence-electron chi connectivity index (χ3n) is 2.40. The fourth-order valence-electron chi connectivity index (χ4n) is 1.49. The Kier molecular flexibility index (Phi) is 4.46. The van der Waals surface area contributed by atoms with E-state index in [0.717, 1.165) is 10.0 Å². The molecule has 0 unspecified atom stereocenters. The number of nitrogens with zero attached hydrogens (tertiary/aromatic N) is 2. The van der Waals surface area contributed by atoms with Crippen LogP contribution in [-0.4, -0.2) is 23.0 Å². The number of benzene rings is 1. The first-order valence-electron chi connectivity index (χ1n) is 5.57. The van der Waals surface area contributed by atoms with Gasteiger partial charge in [0, 0.05) is 10.5 Å². The smallest absolute Gasteiger partial charge is 0.229 e. The van der Waals surface area contributed by atoms with Crippen LogP contribution in [0.4, 0.5) is 5.82 Å². The number of hydrogen-bond donors (Lipinski definition) is 1. The minimum atomic E-state index is -0.136. The number of carbonyl (C=O) groups excluding carboxylic acids is 1. The van der Waals surface area contributed by atoms with Crippen molar-refractivity contribution in [1.82, 2.24) is 9.97 Å². The SMILES string of the molecule is COc1cc(NC(=O)Cc2ccc(Br)cc2)ncn1. The summed E-state index contributed by atoms with van der Waals surface area (Å²) in [6, 6.07) is 9.15. The van der Waals surface area contributed by atoms with Crippen LogP contribution in [0.25, 0.3) is 0 Å². The maximum absolute atomic E-state index is 11.8. The molecule has 2 rings (SSSR count). The number of amides is 1. The Morgan fingerprint density at radius 1 is 1.32 bits per heavy atom. The van der Waals surface area contributed by atoms with Crippen LogP contribution < -0.4 is 10.1 Å². The van der Waals surface area contributed by atoms with E-state index >= 15 is 0 Å². The maximum atomic E-state index is 11.8. The van der Waals surface area contributed by atoms with Gasteiger partial charge in [0.05, 0.1) is 13.5 Å². The Balaban J connectivity index is 1.99. The zero-order chi connectivity index (χ0) is 13.7. The van der Waals surface area contributed by atoms with E-state index < -0.39 is 0 Å². The highest BCUT2D eigenvalue weighted by molar-refractivity contribution is 9.10. The lowest BCUT2D eigenvalue weighted by molar-refractivity contribution is -0.115. The summed E-state index contributed by atoms with van der Waals surface area (Å²) in [6.45, 7) is 0. The molecule has 0 aliphatic rings. The van der Waals surface area contributed by atoms with E-state index in [1.54, 1.807) is 6.07 Å². The summed E-state index contributed by atoms with van der Waals surface area (Å²) in [5, 5.41) is 2.70. The van der Waals surface area contributed by atoms with Gasteiger partial charge >= 0.3 is 0 Å². The first-order valence-corrected chi connectivity index (χ1v) is 6.37. The Morgan fingerprint density at radius 3 is 2.74 bits per heavy atom. The number of carbonyl (C=O) groups is 1. The van der Waals surface area contributed by atoms with Crippen molar-refractivity contribution >= 4 is 27.7 Å². The molecule has 0 aliphatic heterocycles. The van der Waals surface area contributed by atoms with Crippen molar-refractivity contribution in [3.8, 4) is 5.88 Å². The van der Waals surface area contributed by atoms with Crippen LogP contribution in [0.5, 0.6) is 5.88 Å². The molecule has 0 saturated heterocycles. The predicted molar refractivity (Wildman–Crippen MR) is 75.1 cm³/mol. The van der Waals surface area contributed by atoms with E-state index in [2.05, 4.69) is 31.2 Å². The first-order chi connectivity index (χ1) is 9.17. The third-order valence-corrected chi connectivity index (χ3v) is 2.93. The van der Waals surface area contributed by atoms with Crippen LogP contribution in [0.2, 0.25) is 0 Å². The largest absolute Gasteiger partial charge is 0.481 e. The molecule has 0 fully saturated rings. The number of halogens is 1. The molecule has 1 amide bonds. The standard InChI is InChI=1S/C13H12BrN3O2/c1-19-13-7-11(15-8-16-13)17-12(18)6-9-2-4-10(14)5-3-9/h2-5,7-8H,6H2,1H3,(H,15,16,17,18). The minimum absolute atomic E-state index is 0.136. The van der Waals surface area contributed by atoms with Crippen molar-refractivity contribution in [3.05, 3.63) is 46.7 Å². The monoisotopic (exact) mass is 321 g/mol. The average Bonchev–Trinajstić information content (AvgIpc) is 2.41. The summed E-state index contributed by atoms with van der Waals surface area (Å²) in [5.74, 6) is 0.700. The average molecular weight is 322 g/mol. The molecule has 6 heteroatoms. The van der Waals surface area contributed by atoms with Crippen molar-refractivity contribution < 1.29 is 9.53 Å². The van der Waals surface area contributed by atoms with E-state index in [4.69, 9.17) is 4.74 Å². The molecule has 1 aromatic heterocycles. The molecule has 2 aromatic rings. The molecule has 19 heavy (non-hydrogen) atoms. The number of aromatic nitrogens is 2. The fourth-order valence-corrected chi connectivity index (χ4v) is 1.76. The van der Waals surface area contributed by atoms with E-state index in [9.17, 15) is 4.79 Å². The Hall–Kier alpha value is -1.95. The lowest BCUT2D eigenvalue weighted by Crippen LogP contribution is -2.15. The number of methoxy groups -OCH3 is 1. The number of rotatable bonds is 4. The van der Waals surface area contributed by atoms with Crippen LogP contribution in [0.1, 0.15) is 5.56 Å². The van der Waals surface area contributed by atoms with Gasteiger partial charge in [0.15, 0.2) is 0 Å². The zero-order valence-corrected chi connectivity index (χ0v) is 11.8. The predicted octanol–water partition coefficient (Wildman–Crippen LogP) is 2.43. The van der Waals surface area contributed by atoms with E-state index in [1.807, 2.05) is 24.3 Å². The van der Waals surface area contributed by atoms with Gasteiger partial charge < -0.3 is 10.1 Å². The minimum Gasteiger partial charge on any atom is -0.481 e. The summed E-state index contributed by atoms with van der Waals surface area (Å²) >= 11 is 3.35. The number of ether oxygens (including phenoxy) is 1. The molecule has 5 nitrogen and oxygen atoms in total. The quantitative estimate of drug-likeness (QED) is 0.939. The summed E-state index contributed by atoms with van der Waals surface area (Å²) < 4.78 is 5.94. The Morgan fingerprint density at radius 2 is 2.05 bits per heavy atom. The summed E-state index contributed by atoms with van der Waals surface area (Å²) in [5.41, 5.74) is 0.932. The number of nitrogens with one attached hydrogen (secondary N) is 1. The third kappa shape index (κ3) is 4.03. The van der Waals surface area contributed by atoms with E-state index in [0.29, 0.717) is 18.1 Å². The van der Waals surface area contributed by atoms with Crippen LogP contribution in [0, 0.1) is 0 Å². The molecule has 0 atom stereocenters. The highest BCUT2D eigenvalue weighted by Crippen LogP contribution is 2.13. The first kappa shape index (κ1) is 13.5. The molecule has 0 spiro atoms. The second-order valence-corrected chi connectivity index (χ2v) is 4.71. The molecule has 0 aliphatic carbocycles. The second kappa shape index (κ2) is 6.29. The molecule has 1 aromatic carbocycles. The molecular formula is C13H12BrN3O2. The van der Waals surface area contributed by atoms with Gasteiger partial charge in [0.25, 0.3) is 0 Å². The van der Waals surface area contributed by atoms with Crippen molar-refractivity contribution in [2.45, 2.75) is 6.42 Å². The summed E-state index contributed by atoms with van der Waals surface area (Å²) in [6.07, 6.45) is 1.63. The molecule has 0 bridgehead atoms. The van der Waals surface area contributed by atoms with Gasteiger partial charge in [-0.3, -0.25) is 4.79 Å². The lowest BCUT2D eigenvalue weighted by Gasteiger charge is -2.05. The van der Waals surface area contributed by atoms with Gasteiger partial charge in [-0.05, 0) is 17.7 Å². The van der Waals surface area contributed by atoms with Crippen LogP contribution in [-0.2, 0) is 11.2 Å². The highest BCUT2D eigenvalue weighted by atomic mass is 79.9. The highest BCUT2D eigenvalue weighted by Gasteiger charge is 2.06. The zero-order valence-electron chi connectivity index (χ0n) is 10.3. The lowest BCUT2D eigenvalue weighted by atomic mass is 10.1. The van der Waals surface area contributed by atoms with Gasteiger partial charge in [-0.15, -0.1) is 0 Å². The van der Waals surface area contributed by atoms with Gasteiger partial charge in [-0.2, -0.15) is 0 Å². The maximum Gasteiger partial charge on any atom is 0.229 e. The van der Waals surface area contributed by atoms with Gasteiger partial charge in [0.1, 0.15) is 12.1 Å². The van der Waals surface area contributed by atoms with Gasteiger partial charge in [0.2, 0.25) is 11.8 Å². The van der Waals surface area contributed by atoms with Crippen molar-refractivity contribution in [3.63, 3.8) is 0 Å². The molecule has 0 saturated carbocycles. The van der Waals surface area contributed by atoms with Gasteiger partial charge in [-0.25, -0.2) is 9.97 Å². The number of hydrogen-bond acceptors (Lipinski definition) is 4. The molecule has 1 N–H and O–H groups in total. The molecule has 0 radical (unpaired) electrons. The Labute approximate surface area is 119 Å². The Bertz CT molecular complexity index is 572. The van der Waals surface area contributed by atoms with Crippen molar-refractivity contribution in [2.24, 2.45) is 0 Å². The number of anilines is 1. The van der Waals surface area contributed by atoms with Gasteiger partial charge in [-0.1, -0.05) is 28.1 Å². The van der Waals surface area contributed by atoms with Crippen molar-refractivity contribution in [1.29, 1.82) is 0 Å². The normalized spacial score (nSPS) is 10.0. The van der Waals surface area contributed by atoms with E-state index in [1.165, 1.54) is 13.4 Å². The van der Waals surface area contributed by atoms with Crippen molar-refractivity contribution in [2.75, 3.05) is 12.4 Å². The van der Waals surface area contributed by atoms with E-state index in [-0.39, 0.29) is 5.91 Å². The summed E-state index contributed by atoms with van der Waals surface area (Å²) in [4.78, 5) is 19.7.